The third-order valence-corrected chi connectivity index (χ3v) is 3.45. The molecule has 0 aliphatic carbocycles. The SMILES string of the molecule is CC1(c2ccccc2)C(=O)NC(=O)N1CC(=O)NCC#N. The number of carbonyl (C=O) groups excluding carboxylic acids is 3. The van der Waals surface area contributed by atoms with E-state index in [0.717, 1.165) is 4.90 Å². The van der Waals surface area contributed by atoms with E-state index in [1.807, 2.05) is 0 Å². The molecule has 108 valence electrons. The molecule has 0 aromatic heterocycles. The number of hydrogen-bond donors (Lipinski definition) is 2. The number of carbonyl (C=O) groups is 3. The molecule has 4 amide bonds. The van der Waals surface area contributed by atoms with Crippen LogP contribution in [0.15, 0.2) is 30.3 Å². The van der Waals surface area contributed by atoms with Gasteiger partial charge in [-0.25, -0.2) is 4.79 Å². The van der Waals surface area contributed by atoms with Crippen molar-refractivity contribution in [2.45, 2.75) is 12.5 Å². The van der Waals surface area contributed by atoms with E-state index in [1.165, 1.54) is 0 Å². The van der Waals surface area contributed by atoms with Gasteiger partial charge < -0.3 is 5.32 Å². The third kappa shape index (κ3) is 2.56. The quantitative estimate of drug-likeness (QED) is 0.605. The first-order chi connectivity index (χ1) is 10.00. The Bertz CT molecular complexity index is 623. The van der Waals surface area contributed by atoms with E-state index in [-0.39, 0.29) is 13.1 Å². The highest BCUT2D eigenvalue weighted by molar-refractivity contribution is 6.08. The first kappa shape index (κ1) is 14.5. The number of benzene rings is 1. The second kappa shape index (κ2) is 5.63. The summed E-state index contributed by atoms with van der Waals surface area (Å²) in [7, 11) is 0. The number of nitrogens with one attached hydrogen (secondary N) is 2. The van der Waals surface area contributed by atoms with Gasteiger partial charge in [-0.3, -0.25) is 19.8 Å². The van der Waals surface area contributed by atoms with Crippen LogP contribution in [0.4, 0.5) is 4.79 Å². The third-order valence-electron chi connectivity index (χ3n) is 3.45. The normalized spacial score (nSPS) is 20.9. The van der Waals surface area contributed by atoms with Gasteiger partial charge in [0.25, 0.3) is 5.91 Å². The van der Waals surface area contributed by atoms with Crippen LogP contribution in [-0.2, 0) is 15.1 Å². The van der Waals surface area contributed by atoms with Crippen molar-refractivity contribution < 1.29 is 14.4 Å². The van der Waals surface area contributed by atoms with Gasteiger partial charge in [-0.05, 0) is 12.5 Å². The van der Waals surface area contributed by atoms with Crippen LogP contribution in [0.25, 0.3) is 0 Å². The number of rotatable bonds is 4. The lowest BCUT2D eigenvalue weighted by Crippen LogP contribution is -2.48. The molecule has 21 heavy (non-hydrogen) atoms. The molecule has 1 aliphatic heterocycles. The van der Waals surface area contributed by atoms with Gasteiger partial charge >= 0.3 is 6.03 Å². The lowest BCUT2D eigenvalue weighted by molar-refractivity contribution is -0.128. The molecule has 0 radical (unpaired) electrons. The molecule has 7 nitrogen and oxygen atoms in total. The number of hydrogen-bond acceptors (Lipinski definition) is 4. The van der Waals surface area contributed by atoms with Gasteiger partial charge in [0.2, 0.25) is 5.91 Å². The Kier molecular flexibility index (Phi) is 3.89. The molecule has 1 aromatic rings. The Hall–Kier alpha value is -2.88. The minimum atomic E-state index is -1.25. The molecule has 2 N–H and O–H groups in total. The largest absolute Gasteiger partial charge is 0.341 e. The van der Waals surface area contributed by atoms with Crippen molar-refractivity contribution in [3.05, 3.63) is 35.9 Å². The average molecular weight is 286 g/mol. The highest BCUT2D eigenvalue weighted by atomic mass is 16.2. The van der Waals surface area contributed by atoms with Crippen molar-refractivity contribution in [3.8, 4) is 6.07 Å². The maximum absolute atomic E-state index is 12.2. The molecule has 1 saturated heterocycles. The van der Waals surface area contributed by atoms with Gasteiger partial charge in [0.05, 0.1) is 6.07 Å². The smallest absolute Gasteiger partial charge is 0.325 e. The molecule has 2 rings (SSSR count). The van der Waals surface area contributed by atoms with Crippen LogP contribution in [-0.4, -0.2) is 35.8 Å². The molecular formula is C14H14N4O3. The van der Waals surface area contributed by atoms with Crippen LogP contribution in [0.1, 0.15) is 12.5 Å². The first-order valence-electron chi connectivity index (χ1n) is 6.32. The molecule has 0 spiro atoms. The predicted molar refractivity (Wildman–Crippen MR) is 72.7 cm³/mol. The van der Waals surface area contributed by atoms with Crippen LogP contribution < -0.4 is 10.6 Å². The van der Waals surface area contributed by atoms with Crippen molar-refractivity contribution in [1.82, 2.24) is 15.5 Å². The summed E-state index contributed by atoms with van der Waals surface area (Å²) in [5.41, 5.74) is -0.635. The van der Waals surface area contributed by atoms with Gasteiger partial charge in [-0.2, -0.15) is 5.26 Å². The predicted octanol–water partition coefficient (Wildman–Crippen LogP) is 0.0934. The standard InChI is InChI=1S/C14H14N4O3/c1-14(10-5-3-2-4-6-10)12(20)17-13(21)18(14)9-11(19)16-8-7-15/h2-6H,8-9H2,1H3,(H,16,19)(H,17,20,21). The average Bonchev–Trinajstić information content (AvgIpc) is 2.70. The molecular weight excluding hydrogens is 272 g/mol. The van der Waals surface area contributed by atoms with E-state index >= 15 is 0 Å². The Morgan fingerprint density at radius 2 is 2.05 bits per heavy atom. The summed E-state index contributed by atoms with van der Waals surface area (Å²) in [5, 5.41) is 13.0. The summed E-state index contributed by atoms with van der Waals surface area (Å²) in [6.45, 7) is 1.13. The molecule has 7 heteroatoms. The van der Waals surface area contributed by atoms with Gasteiger partial charge in [0, 0.05) is 0 Å². The molecule has 1 unspecified atom stereocenters. The fraction of sp³-hybridized carbons (Fsp3) is 0.286. The molecule has 1 fully saturated rings. The fourth-order valence-electron chi connectivity index (χ4n) is 2.23. The zero-order valence-corrected chi connectivity index (χ0v) is 11.4. The second-order valence-electron chi connectivity index (χ2n) is 4.72. The van der Waals surface area contributed by atoms with E-state index in [9.17, 15) is 14.4 Å². The van der Waals surface area contributed by atoms with E-state index < -0.39 is 23.4 Å². The van der Waals surface area contributed by atoms with E-state index in [1.54, 1.807) is 43.3 Å². The van der Waals surface area contributed by atoms with Gasteiger partial charge in [0.15, 0.2) is 0 Å². The van der Waals surface area contributed by atoms with Gasteiger partial charge in [-0.1, -0.05) is 30.3 Å². The second-order valence-corrected chi connectivity index (χ2v) is 4.72. The molecule has 1 atom stereocenters. The molecule has 1 heterocycles. The van der Waals surface area contributed by atoms with Crippen LogP contribution in [0.3, 0.4) is 0 Å². The van der Waals surface area contributed by atoms with Gasteiger partial charge in [-0.15, -0.1) is 0 Å². The zero-order chi connectivity index (χ0) is 15.5. The summed E-state index contributed by atoms with van der Waals surface area (Å²) in [5.74, 6) is -0.977. The summed E-state index contributed by atoms with van der Waals surface area (Å²) in [4.78, 5) is 37.0. The van der Waals surface area contributed by atoms with Crippen LogP contribution in [0.2, 0.25) is 0 Å². The number of nitriles is 1. The first-order valence-corrected chi connectivity index (χ1v) is 6.32. The summed E-state index contributed by atoms with van der Waals surface area (Å²) in [6.07, 6.45) is 0. The fourth-order valence-corrected chi connectivity index (χ4v) is 2.23. The minimum absolute atomic E-state index is 0.149. The maximum Gasteiger partial charge on any atom is 0.325 e. The molecule has 1 aromatic carbocycles. The molecule has 0 saturated carbocycles. The number of amides is 4. The Labute approximate surface area is 121 Å². The lowest BCUT2D eigenvalue weighted by Gasteiger charge is -2.31. The molecule has 0 bridgehead atoms. The highest BCUT2D eigenvalue weighted by Gasteiger charge is 2.50. The highest BCUT2D eigenvalue weighted by Crippen LogP contribution is 2.32. The molecule has 1 aliphatic rings. The van der Waals surface area contributed by atoms with Crippen molar-refractivity contribution >= 4 is 17.8 Å². The Morgan fingerprint density at radius 3 is 2.67 bits per heavy atom. The van der Waals surface area contributed by atoms with Crippen molar-refractivity contribution in [1.29, 1.82) is 5.26 Å². The number of nitrogens with zero attached hydrogens (tertiary/aromatic N) is 2. The summed E-state index contributed by atoms with van der Waals surface area (Å²) >= 11 is 0. The van der Waals surface area contributed by atoms with Crippen LogP contribution in [0, 0.1) is 11.3 Å². The zero-order valence-electron chi connectivity index (χ0n) is 11.4. The van der Waals surface area contributed by atoms with Gasteiger partial charge in [0.1, 0.15) is 18.6 Å². The van der Waals surface area contributed by atoms with Crippen LogP contribution >= 0.6 is 0 Å². The van der Waals surface area contributed by atoms with Crippen molar-refractivity contribution in [2.75, 3.05) is 13.1 Å². The monoisotopic (exact) mass is 286 g/mol. The minimum Gasteiger partial charge on any atom is -0.341 e. The Morgan fingerprint density at radius 1 is 1.38 bits per heavy atom. The number of urea groups is 1. The van der Waals surface area contributed by atoms with Crippen molar-refractivity contribution in [3.63, 3.8) is 0 Å². The Balaban J connectivity index is 2.29. The number of imide groups is 1. The lowest BCUT2D eigenvalue weighted by atomic mass is 9.90. The van der Waals surface area contributed by atoms with E-state index in [4.69, 9.17) is 5.26 Å². The van der Waals surface area contributed by atoms with Crippen LogP contribution in [0.5, 0.6) is 0 Å². The van der Waals surface area contributed by atoms with E-state index in [0.29, 0.717) is 5.56 Å². The summed E-state index contributed by atoms with van der Waals surface area (Å²) < 4.78 is 0. The van der Waals surface area contributed by atoms with E-state index in [2.05, 4.69) is 10.6 Å². The summed E-state index contributed by atoms with van der Waals surface area (Å²) in [6, 6.07) is 9.90. The van der Waals surface area contributed by atoms with Crippen molar-refractivity contribution in [2.24, 2.45) is 0 Å². The maximum atomic E-state index is 12.2. The topological polar surface area (TPSA) is 102 Å².